The third-order valence-corrected chi connectivity index (χ3v) is 4.36. The fraction of sp³-hybridized carbons (Fsp3) is 0.400. The molecule has 1 aliphatic carbocycles. The summed E-state index contributed by atoms with van der Waals surface area (Å²) in [5, 5.41) is 10.4. The number of fused-ring (bicyclic) bond motifs is 3. The minimum absolute atomic E-state index is 0.194. The molecular formula is C15H17NO2. The number of nitrogens with one attached hydrogen (secondary N) is 1. The van der Waals surface area contributed by atoms with Gasteiger partial charge in [0.05, 0.1) is 6.42 Å². The zero-order chi connectivity index (χ0) is 12.8. The minimum Gasteiger partial charge on any atom is -0.481 e. The fourth-order valence-electron chi connectivity index (χ4n) is 3.35. The molecule has 0 unspecified atom stereocenters. The smallest absolute Gasteiger partial charge is 0.304 e. The average Bonchev–Trinajstić information content (AvgIpc) is 2.87. The SMILES string of the molecule is CC[C@@]1(CC(=O)O)CCc2c1[nH]c1ccccc21. The zero-order valence-electron chi connectivity index (χ0n) is 10.5. The molecule has 3 heteroatoms. The number of aryl methyl sites for hydroxylation is 1. The van der Waals surface area contributed by atoms with Crippen LogP contribution in [0.4, 0.5) is 0 Å². The highest BCUT2D eigenvalue weighted by Gasteiger charge is 2.41. The van der Waals surface area contributed by atoms with Gasteiger partial charge in [0.1, 0.15) is 0 Å². The monoisotopic (exact) mass is 243 g/mol. The second kappa shape index (κ2) is 3.87. The third-order valence-electron chi connectivity index (χ3n) is 4.36. The number of carbonyl (C=O) groups is 1. The van der Waals surface area contributed by atoms with E-state index >= 15 is 0 Å². The van der Waals surface area contributed by atoms with E-state index in [4.69, 9.17) is 5.11 Å². The first kappa shape index (κ1) is 11.3. The van der Waals surface area contributed by atoms with Gasteiger partial charge in [-0.2, -0.15) is 0 Å². The van der Waals surface area contributed by atoms with Crippen molar-refractivity contribution in [1.29, 1.82) is 0 Å². The van der Waals surface area contributed by atoms with Crippen LogP contribution in [0.2, 0.25) is 0 Å². The van der Waals surface area contributed by atoms with Crippen molar-refractivity contribution in [3.63, 3.8) is 0 Å². The highest BCUT2D eigenvalue weighted by molar-refractivity contribution is 5.86. The summed E-state index contributed by atoms with van der Waals surface area (Å²) in [6.07, 6.45) is 3.03. The predicted octanol–water partition coefficient (Wildman–Crippen LogP) is 3.24. The fourth-order valence-corrected chi connectivity index (χ4v) is 3.35. The number of aliphatic carboxylic acids is 1. The van der Waals surface area contributed by atoms with E-state index in [1.54, 1.807) is 0 Å². The quantitative estimate of drug-likeness (QED) is 0.869. The van der Waals surface area contributed by atoms with Crippen molar-refractivity contribution >= 4 is 16.9 Å². The third kappa shape index (κ3) is 1.47. The van der Waals surface area contributed by atoms with Crippen LogP contribution in [0.1, 0.15) is 37.4 Å². The highest BCUT2D eigenvalue weighted by Crippen LogP contribution is 2.46. The summed E-state index contributed by atoms with van der Waals surface area (Å²) in [6.45, 7) is 2.09. The normalized spacial score (nSPS) is 22.3. The van der Waals surface area contributed by atoms with Crippen molar-refractivity contribution in [3.8, 4) is 0 Å². The number of H-pyrrole nitrogens is 1. The Balaban J connectivity index is 2.17. The van der Waals surface area contributed by atoms with Crippen LogP contribution in [0.25, 0.3) is 10.9 Å². The Bertz CT molecular complexity index is 614. The van der Waals surface area contributed by atoms with Crippen molar-refractivity contribution in [3.05, 3.63) is 35.5 Å². The number of rotatable bonds is 3. The van der Waals surface area contributed by atoms with Crippen molar-refractivity contribution in [2.24, 2.45) is 0 Å². The number of aromatic amines is 1. The summed E-state index contributed by atoms with van der Waals surface area (Å²) in [5.74, 6) is -0.705. The number of para-hydroxylation sites is 1. The summed E-state index contributed by atoms with van der Waals surface area (Å²) in [7, 11) is 0. The molecule has 2 aromatic rings. The lowest BCUT2D eigenvalue weighted by Gasteiger charge is -2.25. The molecule has 0 amide bonds. The Hall–Kier alpha value is -1.77. The van der Waals surface area contributed by atoms with Gasteiger partial charge in [-0.25, -0.2) is 0 Å². The number of benzene rings is 1. The van der Waals surface area contributed by atoms with Crippen LogP contribution in [-0.4, -0.2) is 16.1 Å². The minimum atomic E-state index is -0.705. The van der Waals surface area contributed by atoms with Gasteiger partial charge in [0, 0.05) is 22.0 Å². The lowest BCUT2D eigenvalue weighted by atomic mass is 9.79. The molecule has 0 fully saturated rings. The first-order valence-corrected chi connectivity index (χ1v) is 6.48. The Morgan fingerprint density at radius 1 is 1.44 bits per heavy atom. The van der Waals surface area contributed by atoms with Gasteiger partial charge in [-0.1, -0.05) is 25.1 Å². The Kier molecular flexibility index (Phi) is 2.44. The van der Waals surface area contributed by atoms with Crippen LogP contribution in [0.15, 0.2) is 24.3 Å². The van der Waals surface area contributed by atoms with E-state index in [1.165, 1.54) is 10.9 Å². The van der Waals surface area contributed by atoms with Crippen LogP contribution >= 0.6 is 0 Å². The van der Waals surface area contributed by atoms with Crippen molar-refractivity contribution < 1.29 is 9.90 Å². The van der Waals surface area contributed by atoms with Crippen LogP contribution in [0.3, 0.4) is 0 Å². The second-order valence-electron chi connectivity index (χ2n) is 5.23. The first-order chi connectivity index (χ1) is 8.66. The molecule has 0 aliphatic heterocycles. The first-order valence-electron chi connectivity index (χ1n) is 6.48. The lowest BCUT2D eigenvalue weighted by Crippen LogP contribution is -2.26. The molecule has 1 aromatic carbocycles. The molecule has 94 valence electrons. The van der Waals surface area contributed by atoms with Gasteiger partial charge in [-0.15, -0.1) is 0 Å². The van der Waals surface area contributed by atoms with E-state index in [0.717, 1.165) is 30.5 Å². The number of hydrogen-bond donors (Lipinski definition) is 2. The van der Waals surface area contributed by atoms with Crippen molar-refractivity contribution in [2.45, 2.75) is 38.0 Å². The summed E-state index contributed by atoms with van der Waals surface area (Å²) in [5.41, 5.74) is 3.42. The summed E-state index contributed by atoms with van der Waals surface area (Å²) >= 11 is 0. The molecule has 2 N–H and O–H groups in total. The maximum absolute atomic E-state index is 11.1. The van der Waals surface area contributed by atoms with Gasteiger partial charge in [-0.3, -0.25) is 4.79 Å². The maximum atomic E-state index is 11.1. The van der Waals surface area contributed by atoms with E-state index in [0.29, 0.717) is 0 Å². The van der Waals surface area contributed by atoms with E-state index in [9.17, 15) is 4.79 Å². The van der Waals surface area contributed by atoms with E-state index in [-0.39, 0.29) is 11.8 Å². The lowest BCUT2D eigenvalue weighted by molar-refractivity contribution is -0.138. The van der Waals surface area contributed by atoms with Crippen LogP contribution in [0.5, 0.6) is 0 Å². The average molecular weight is 243 g/mol. The molecule has 1 atom stereocenters. The molecule has 1 aliphatic rings. The molecule has 0 bridgehead atoms. The second-order valence-corrected chi connectivity index (χ2v) is 5.23. The molecule has 0 saturated heterocycles. The summed E-state index contributed by atoms with van der Waals surface area (Å²) in [4.78, 5) is 14.6. The van der Waals surface area contributed by atoms with Crippen molar-refractivity contribution in [2.75, 3.05) is 0 Å². The summed E-state index contributed by atoms with van der Waals surface area (Å²) < 4.78 is 0. The zero-order valence-corrected chi connectivity index (χ0v) is 10.5. The summed E-state index contributed by atoms with van der Waals surface area (Å²) in [6, 6.07) is 8.24. The number of aromatic nitrogens is 1. The van der Waals surface area contributed by atoms with Crippen molar-refractivity contribution in [1.82, 2.24) is 4.98 Å². The van der Waals surface area contributed by atoms with E-state index < -0.39 is 5.97 Å². The molecule has 0 radical (unpaired) electrons. The number of carboxylic acids is 1. The molecule has 1 heterocycles. The molecular weight excluding hydrogens is 226 g/mol. The van der Waals surface area contributed by atoms with Gasteiger partial charge >= 0.3 is 5.97 Å². The largest absolute Gasteiger partial charge is 0.481 e. The number of carboxylic acid groups (broad SMARTS) is 1. The molecule has 18 heavy (non-hydrogen) atoms. The predicted molar refractivity (Wildman–Crippen MR) is 70.8 cm³/mol. The van der Waals surface area contributed by atoms with Crippen LogP contribution < -0.4 is 0 Å². The number of hydrogen-bond acceptors (Lipinski definition) is 1. The van der Waals surface area contributed by atoms with Gasteiger partial charge in [-0.05, 0) is 30.9 Å². The van der Waals surface area contributed by atoms with E-state index in [1.807, 2.05) is 12.1 Å². The van der Waals surface area contributed by atoms with Crippen LogP contribution in [0, 0.1) is 0 Å². The molecule has 0 saturated carbocycles. The Morgan fingerprint density at radius 2 is 2.22 bits per heavy atom. The van der Waals surface area contributed by atoms with Crippen LogP contribution in [-0.2, 0) is 16.6 Å². The maximum Gasteiger partial charge on any atom is 0.304 e. The van der Waals surface area contributed by atoms with Gasteiger partial charge in [0.25, 0.3) is 0 Å². The molecule has 3 rings (SSSR count). The standard InChI is InChI=1S/C15H17NO2/c1-2-15(9-13(17)18)8-7-11-10-5-3-4-6-12(10)16-14(11)15/h3-6,16H,2,7-9H2,1H3,(H,17,18)/t15-/m0/s1. The van der Waals surface area contributed by atoms with Gasteiger partial charge in [0.2, 0.25) is 0 Å². The topological polar surface area (TPSA) is 53.1 Å². The van der Waals surface area contributed by atoms with Gasteiger partial charge in [0.15, 0.2) is 0 Å². The molecule has 0 spiro atoms. The van der Waals surface area contributed by atoms with E-state index in [2.05, 4.69) is 24.0 Å². The van der Waals surface area contributed by atoms with Gasteiger partial charge < -0.3 is 10.1 Å². The molecule has 3 nitrogen and oxygen atoms in total. The molecule has 1 aromatic heterocycles. The highest BCUT2D eigenvalue weighted by atomic mass is 16.4. The Labute approximate surface area is 106 Å². The Morgan fingerprint density at radius 3 is 2.94 bits per heavy atom.